The molecule has 0 radical (unpaired) electrons. The summed E-state index contributed by atoms with van der Waals surface area (Å²) in [5.74, 6) is -3.77. The average Bonchev–Trinajstić information content (AvgIpc) is 2.78. The number of alkyl halides is 1. The first-order valence-electron chi connectivity index (χ1n) is 13.2. The fourth-order valence-electron chi connectivity index (χ4n) is 5.54. The van der Waals surface area contributed by atoms with Gasteiger partial charge in [0.15, 0.2) is 12.1 Å². The molecule has 0 amide bonds. The van der Waals surface area contributed by atoms with Crippen molar-refractivity contribution in [2.24, 2.45) is 35.3 Å². The van der Waals surface area contributed by atoms with Crippen molar-refractivity contribution in [3.8, 4) is 0 Å². The highest BCUT2D eigenvalue weighted by Gasteiger charge is 2.49. The number of halogens is 1. The molecule has 1 unspecified atom stereocenters. The molecule has 35 heavy (non-hydrogen) atoms. The van der Waals surface area contributed by atoms with Gasteiger partial charge in [0, 0.05) is 30.2 Å². The molecule has 0 aromatic heterocycles. The standard InChI is InChI=1S/C27H46FNO6/c1-9-21-11-14(2)18(6)23(30)15(3)10-16(4)24(35-22-13-20(29)12-17(5)33-22)19(7)25(31)27(8,28)26(32)34-21/h14-22,24H,9-13,29H2,1-8H3/t14?,15-,16+,17-,18-,19-,20+,21-,22+,24+,27+/m1/s1. The van der Waals surface area contributed by atoms with Gasteiger partial charge in [0.25, 0.3) is 5.67 Å². The Kier molecular flexibility index (Phi) is 10.4. The van der Waals surface area contributed by atoms with Gasteiger partial charge in [0.1, 0.15) is 11.9 Å². The number of Topliss-reactive ketones (excluding diaryl/α,β-unsaturated/α-hetero) is 2. The lowest BCUT2D eigenvalue weighted by Gasteiger charge is -2.39. The lowest BCUT2D eigenvalue weighted by Crippen LogP contribution is -2.51. The molecule has 0 aromatic rings. The molecule has 0 aromatic carbocycles. The third kappa shape index (κ3) is 7.32. The second kappa shape index (κ2) is 12.2. The second-order valence-corrected chi connectivity index (χ2v) is 11.3. The molecule has 7 nitrogen and oxygen atoms in total. The number of nitrogens with two attached hydrogens (primary N) is 1. The molecule has 11 atom stereocenters. The van der Waals surface area contributed by atoms with Crippen LogP contribution in [0.3, 0.4) is 0 Å². The van der Waals surface area contributed by atoms with E-state index in [1.165, 1.54) is 0 Å². The highest BCUT2D eigenvalue weighted by Crippen LogP contribution is 2.34. The normalized spacial score (nSPS) is 45.0. The predicted molar refractivity (Wildman–Crippen MR) is 131 cm³/mol. The maximum atomic E-state index is 15.7. The van der Waals surface area contributed by atoms with Crippen LogP contribution < -0.4 is 5.73 Å². The van der Waals surface area contributed by atoms with Crippen molar-refractivity contribution in [1.82, 2.24) is 0 Å². The van der Waals surface area contributed by atoms with Crippen LogP contribution in [-0.4, -0.2) is 53.8 Å². The average molecular weight is 500 g/mol. The van der Waals surface area contributed by atoms with Gasteiger partial charge < -0.3 is 19.9 Å². The quantitative estimate of drug-likeness (QED) is 0.454. The largest absolute Gasteiger partial charge is 0.460 e. The number of carbonyl (C=O) groups is 3. The Morgan fingerprint density at radius 2 is 1.60 bits per heavy atom. The van der Waals surface area contributed by atoms with Crippen molar-refractivity contribution < 1.29 is 33.0 Å². The molecule has 0 spiro atoms. The first kappa shape index (κ1) is 29.8. The summed E-state index contributed by atoms with van der Waals surface area (Å²) in [6.45, 7) is 13.9. The molecule has 2 heterocycles. The first-order chi connectivity index (χ1) is 16.2. The van der Waals surface area contributed by atoms with Crippen LogP contribution in [0.15, 0.2) is 0 Å². The number of hydrogen-bond acceptors (Lipinski definition) is 7. The molecule has 2 aliphatic heterocycles. The van der Waals surface area contributed by atoms with Crippen LogP contribution in [0.25, 0.3) is 0 Å². The maximum absolute atomic E-state index is 15.7. The Morgan fingerprint density at radius 1 is 0.971 bits per heavy atom. The molecule has 2 fully saturated rings. The van der Waals surface area contributed by atoms with E-state index in [-0.39, 0.29) is 41.6 Å². The zero-order valence-corrected chi connectivity index (χ0v) is 22.7. The van der Waals surface area contributed by atoms with E-state index in [4.69, 9.17) is 19.9 Å². The zero-order valence-electron chi connectivity index (χ0n) is 22.7. The monoisotopic (exact) mass is 499 g/mol. The predicted octanol–water partition coefficient (Wildman–Crippen LogP) is 4.39. The topological polar surface area (TPSA) is 105 Å². The highest BCUT2D eigenvalue weighted by molar-refractivity contribution is 6.07. The fraction of sp³-hybridized carbons (Fsp3) is 0.889. The SMILES string of the molecule is CC[C@@H]1CC(C)[C@@H](C)C(=O)[C@H](C)C[C@H](C)[C@H](O[C@H]2C[C@@H](N)C[C@@H](C)O2)[C@@H](C)C(=O)[C@](C)(F)C(=O)O1. The smallest absolute Gasteiger partial charge is 0.351 e. The molecule has 0 bridgehead atoms. The number of hydrogen-bond donors (Lipinski definition) is 1. The summed E-state index contributed by atoms with van der Waals surface area (Å²) in [4.78, 5) is 39.4. The van der Waals surface area contributed by atoms with Crippen LogP contribution in [0, 0.1) is 29.6 Å². The van der Waals surface area contributed by atoms with Crippen molar-refractivity contribution in [2.75, 3.05) is 0 Å². The first-order valence-corrected chi connectivity index (χ1v) is 13.2. The Hall–Kier alpha value is -1.38. The second-order valence-electron chi connectivity index (χ2n) is 11.3. The van der Waals surface area contributed by atoms with E-state index >= 15 is 4.39 Å². The van der Waals surface area contributed by atoms with Crippen LogP contribution in [0.5, 0.6) is 0 Å². The summed E-state index contributed by atoms with van der Waals surface area (Å²) in [7, 11) is 0. The van der Waals surface area contributed by atoms with Crippen molar-refractivity contribution in [3.05, 3.63) is 0 Å². The number of rotatable bonds is 3. The van der Waals surface area contributed by atoms with E-state index in [0.29, 0.717) is 32.1 Å². The molecule has 0 aliphatic carbocycles. The van der Waals surface area contributed by atoms with Crippen LogP contribution in [0.1, 0.15) is 87.5 Å². The molecule has 2 aliphatic rings. The third-order valence-electron chi connectivity index (χ3n) is 8.01. The van der Waals surface area contributed by atoms with Crippen LogP contribution in [0.2, 0.25) is 0 Å². The van der Waals surface area contributed by atoms with Crippen molar-refractivity contribution in [2.45, 2.75) is 124 Å². The van der Waals surface area contributed by atoms with Crippen molar-refractivity contribution >= 4 is 17.5 Å². The molecule has 2 N–H and O–H groups in total. The van der Waals surface area contributed by atoms with E-state index < -0.39 is 41.8 Å². The van der Waals surface area contributed by atoms with E-state index in [2.05, 4.69) is 0 Å². The van der Waals surface area contributed by atoms with Gasteiger partial charge in [0.2, 0.25) is 0 Å². The minimum Gasteiger partial charge on any atom is -0.460 e. The maximum Gasteiger partial charge on any atom is 0.351 e. The van der Waals surface area contributed by atoms with Gasteiger partial charge in [-0.1, -0.05) is 41.5 Å². The van der Waals surface area contributed by atoms with Crippen molar-refractivity contribution in [1.29, 1.82) is 0 Å². The highest BCUT2D eigenvalue weighted by atomic mass is 19.1. The van der Waals surface area contributed by atoms with E-state index in [1.807, 2.05) is 41.5 Å². The third-order valence-corrected chi connectivity index (χ3v) is 8.01. The van der Waals surface area contributed by atoms with Crippen LogP contribution in [-0.2, 0) is 28.6 Å². The number of ether oxygens (including phenoxy) is 3. The summed E-state index contributed by atoms with van der Waals surface area (Å²) >= 11 is 0. The lowest BCUT2D eigenvalue weighted by molar-refractivity contribution is -0.231. The Balaban J connectivity index is 2.42. The van der Waals surface area contributed by atoms with E-state index in [9.17, 15) is 14.4 Å². The molecule has 8 heteroatoms. The summed E-state index contributed by atoms with van der Waals surface area (Å²) in [6.07, 6.45) is 0.411. The summed E-state index contributed by atoms with van der Waals surface area (Å²) in [6, 6.07) is -0.112. The molecule has 0 saturated carbocycles. The van der Waals surface area contributed by atoms with Gasteiger partial charge in [-0.3, -0.25) is 9.59 Å². The number of carbonyl (C=O) groups excluding carboxylic acids is 3. The minimum absolute atomic E-state index is 0.0629. The number of esters is 1. The van der Waals surface area contributed by atoms with Gasteiger partial charge in [-0.15, -0.1) is 0 Å². The van der Waals surface area contributed by atoms with Gasteiger partial charge in [-0.05, 0) is 51.4 Å². The lowest BCUT2D eigenvalue weighted by atomic mass is 9.76. The summed E-state index contributed by atoms with van der Waals surface area (Å²) < 4.78 is 33.4. The van der Waals surface area contributed by atoms with Crippen molar-refractivity contribution in [3.63, 3.8) is 0 Å². The van der Waals surface area contributed by atoms with E-state index in [0.717, 1.165) is 6.92 Å². The van der Waals surface area contributed by atoms with Gasteiger partial charge in [-0.2, -0.15) is 0 Å². The summed E-state index contributed by atoms with van der Waals surface area (Å²) in [5.41, 5.74) is 3.34. The minimum atomic E-state index is -2.81. The molecular weight excluding hydrogens is 453 g/mol. The molecule has 2 saturated heterocycles. The summed E-state index contributed by atoms with van der Waals surface area (Å²) in [5, 5.41) is 0. The molecular formula is C27H46FNO6. The number of cyclic esters (lactones) is 1. The number of ketones is 2. The fourth-order valence-corrected chi connectivity index (χ4v) is 5.54. The van der Waals surface area contributed by atoms with Gasteiger partial charge in [0.05, 0.1) is 12.2 Å². The van der Waals surface area contributed by atoms with Gasteiger partial charge >= 0.3 is 5.97 Å². The Labute approximate surface area is 210 Å². The molecule has 202 valence electrons. The molecule has 2 rings (SSSR count). The van der Waals surface area contributed by atoms with E-state index in [1.54, 1.807) is 6.92 Å². The Bertz CT molecular complexity index is 748. The Morgan fingerprint density at radius 3 is 2.17 bits per heavy atom. The zero-order chi connectivity index (χ0) is 26.7. The van der Waals surface area contributed by atoms with Crippen LogP contribution >= 0.6 is 0 Å². The van der Waals surface area contributed by atoms with Crippen LogP contribution in [0.4, 0.5) is 4.39 Å². The van der Waals surface area contributed by atoms with Gasteiger partial charge in [-0.25, -0.2) is 9.18 Å².